The van der Waals surface area contributed by atoms with E-state index in [-0.39, 0.29) is 11.9 Å². The topological polar surface area (TPSA) is 42.0 Å². The zero-order valence-corrected chi connectivity index (χ0v) is 16.1. The summed E-state index contributed by atoms with van der Waals surface area (Å²) < 4.78 is 11.2. The predicted molar refractivity (Wildman–Crippen MR) is 102 cm³/mol. The molecule has 0 radical (unpaired) electrons. The molecule has 1 amide bonds. The number of carbonyl (C=O) groups is 1. The highest BCUT2D eigenvalue weighted by molar-refractivity contribution is 7.10. The number of likely N-dealkylation sites (N-methyl/N-ethyl adjacent to an activating group) is 1. The first-order chi connectivity index (χ1) is 12.6. The van der Waals surface area contributed by atoms with Gasteiger partial charge in [0.25, 0.3) is 0 Å². The van der Waals surface area contributed by atoms with Gasteiger partial charge >= 0.3 is 0 Å². The molecule has 3 heterocycles. The quantitative estimate of drug-likeness (QED) is 0.828. The number of hydrogen-bond acceptors (Lipinski definition) is 5. The number of thiophene rings is 1. The highest BCUT2D eigenvalue weighted by Crippen LogP contribution is 2.31. The lowest BCUT2D eigenvalue weighted by Gasteiger charge is -2.33. The minimum Gasteiger partial charge on any atom is -0.486 e. The van der Waals surface area contributed by atoms with Crippen LogP contribution in [0.4, 0.5) is 0 Å². The molecule has 1 atom stereocenters. The summed E-state index contributed by atoms with van der Waals surface area (Å²) in [7, 11) is 2.00. The zero-order chi connectivity index (χ0) is 18.1. The summed E-state index contributed by atoms with van der Waals surface area (Å²) in [5.41, 5.74) is 2.42. The standard InChI is InChI=1S/C20H24N2O3S/c1-14(20(23)22-7-5-19-16(13-22)6-10-26-19)21(2)12-15-3-4-17-18(11-15)25-9-8-24-17/h3-4,6,10-11,14H,5,7-9,12-13H2,1-2H3. The van der Waals surface area contributed by atoms with E-state index in [2.05, 4.69) is 16.3 Å². The summed E-state index contributed by atoms with van der Waals surface area (Å²) in [4.78, 5) is 18.4. The fraction of sp³-hybridized carbons (Fsp3) is 0.450. The zero-order valence-electron chi connectivity index (χ0n) is 15.2. The molecule has 0 bridgehead atoms. The number of ether oxygens (including phenoxy) is 2. The monoisotopic (exact) mass is 372 g/mol. The van der Waals surface area contributed by atoms with Crippen LogP contribution in [0.15, 0.2) is 29.6 Å². The number of amides is 1. The number of benzene rings is 1. The van der Waals surface area contributed by atoms with Gasteiger partial charge in [-0.3, -0.25) is 9.69 Å². The van der Waals surface area contributed by atoms with Crippen LogP contribution in [-0.2, 0) is 24.3 Å². The Kier molecular flexibility index (Phi) is 4.87. The number of carbonyl (C=O) groups excluding carboxylic acids is 1. The lowest BCUT2D eigenvalue weighted by Crippen LogP contribution is -2.46. The lowest BCUT2D eigenvalue weighted by molar-refractivity contribution is -0.137. The van der Waals surface area contributed by atoms with Crippen molar-refractivity contribution in [2.75, 3.05) is 26.8 Å². The molecule has 0 fully saturated rings. The summed E-state index contributed by atoms with van der Waals surface area (Å²) in [5.74, 6) is 1.79. The summed E-state index contributed by atoms with van der Waals surface area (Å²) >= 11 is 1.80. The highest BCUT2D eigenvalue weighted by Gasteiger charge is 2.27. The van der Waals surface area contributed by atoms with E-state index in [1.807, 2.05) is 37.1 Å². The molecule has 0 N–H and O–H groups in total. The molecule has 138 valence electrons. The van der Waals surface area contributed by atoms with Gasteiger partial charge in [-0.15, -0.1) is 11.3 Å². The largest absolute Gasteiger partial charge is 0.486 e. The summed E-state index contributed by atoms with van der Waals surface area (Å²) in [5, 5.41) is 2.12. The van der Waals surface area contributed by atoms with E-state index < -0.39 is 0 Å². The van der Waals surface area contributed by atoms with Crippen LogP contribution in [0, 0.1) is 0 Å². The van der Waals surface area contributed by atoms with Crippen molar-refractivity contribution in [1.82, 2.24) is 9.80 Å². The average molecular weight is 372 g/mol. The Bertz CT molecular complexity index is 804. The van der Waals surface area contributed by atoms with Gasteiger partial charge in [0.2, 0.25) is 5.91 Å². The van der Waals surface area contributed by atoms with Gasteiger partial charge in [0.15, 0.2) is 11.5 Å². The summed E-state index contributed by atoms with van der Waals surface area (Å²) in [6.07, 6.45) is 0.970. The maximum absolute atomic E-state index is 12.9. The van der Waals surface area contributed by atoms with Crippen molar-refractivity contribution in [1.29, 1.82) is 0 Å². The molecule has 2 aliphatic rings. The van der Waals surface area contributed by atoms with Crippen LogP contribution in [0.5, 0.6) is 11.5 Å². The molecular formula is C20H24N2O3S. The molecule has 0 spiro atoms. The van der Waals surface area contributed by atoms with Crippen molar-refractivity contribution >= 4 is 17.2 Å². The molecule has 4 rings (SSSR count). The number of hydrogen-bond donors (Lipinski definition) is 0. The van der Waals surface area contributed by atoms with Crippen LogP contribution in [0.1, 0.15) is 22.9 Å². The molecule has 1 aromatic carbocycles. The Morgan fingerprint density at radius 2 is 2.08 bits per heavy atom. The second-order valence-electron chi connectivity index (χ2n) is 6.95. The van der Waals surface area contributed by atoms with Crippen LogP contribution in [-0.4, -0.2) is 48.6 Å². The van der Waals surface area contributed by atoms with Crippen LogP contribution < -0.4 is 9.47 Å². The van der Waals surface area contributed by atoms with Crippen LogP contribution in [0.3, 0.4) is 0 Å². The number of nitrogens with zero attached hydrogens (tertiary/aromatic N) is 2. The summed E-state index contributed by atoms with van der Waals surface area (Å²) in [6, 6.07) is 7.99. The van der Waals surface area contributed by atoms with Crippen molar-refractivity contribution in [2.45, 2.75) is 32.5 Å². The first kappa shape index (κ1) is 17.4. The Morgan fingerprint density at radius 3 is 2.92 bits per heavy atom. The number of fused-ring (bicyclic) bond motifs is 2. The van der Waals surface area contributed by atoms with Crippen molar-refractivity contribution in [3.63, 3.8) is 0 Å². The van der Waals surface area contributed by atoms with Crippen molar-refractivity contribution in [2.24, 2.45) is 0 Å². The highest BCUT2D eigenvalue weighted by atomic mass is 32.1. The fourth-order valence-electron chi connectivity index (χ4n) is 3.50. The molecule has 6 heteroatoms. The SMILES string of the molecule is CC(C(=O)N1CCc2sccc2C1)N(C)Cc1ccc2c(c1)OCCO2. The maximum Gasteiger partial charge on any atom is 0.239 e. The average Bonchev–Trinajstić information content (AvgIpc) is 3.14. The Balaban J connectivity index is 1.40. The third-order valence-corrected chi connectivity index (χ3v) is 6.20. The van der Waals surface area contributed by atoms with Crippen molar-refractivity contribution < 1.29 is 14.3 Å². The van der Waals surface area contributed by atoms with Gasteiger partial charge in [-0.1, -0.05) is 6.07 Å². The van der Waals surface area contributed by atoms with Crippen molar-refractivity contribution in [3.05, 3.63) is 45.6 Å². The van der Waals surface area contributed by atoms with Crippen LogP contribution in [0.2, 0.25) is 0 Å². The minimum atomic E-state index is -0.164. The second kappa shape index (κ2) is 7.29. The van der Waals surface area contributed by atoms with E-state index in [4.69, 9.17) is 9.47 Å². The Labute approximate surface area is 158 Å². The van der Waals surface area contributed by atoms with Gasteiger partial charge in [0.1, 0.15) is 13.2 Å². The lowest BCUT2D eigenvalue weighted by atomic mass is 10.1. The second-order valence-corrected chi connectivity index (χ2v) is 7.95. The van der Waals surface area contributed by atoms with E-state index in [1.165, 1.54) is 10.4 Å². The van der Waals surface area contributed by atoms with Crippen molar-refractivity contribution in [3.8, 4) is 11.5 Å². The first-order valence-electron chi connectivity index (χ1n) is 9.04. The maximum atomic E-state index is 12.9. The molecule has 0 saturated carbocycles. The predicted octanol–water partition coefficient (Wildman–Crippen LogP) is 2.92. The van der Waals surface area contributed by atoms with E-state index in [1.54, 1.807) is 11.3 Å². The van der Waals surface area contributed by atoms with E-state index in [0.29, 0.717) is 19.8 Å². The molecule has 1 aromatic heterocycles. The van der Waals surface area contributed by atoms with Gasteiger partial charge in [-0.2, -0.15) is 0 Å². The third-order valence-electron chi connectivity index (χ3n) is 5.18. The molecule has 2 aliphatic heterocycles. The Morgan fingerprint density at radius 1 is 1.27 bits per heavy atom. The molecule has 0 aliphatic carbocycles. The minimum absolute atomic E-state index is 0.164. The van der Waals surface area contributed by atoms with E-state index in [0.717, 1.165) is 36.6 Å². The number of rotatable bonds is 4. The van der Waals surface area contributed by atoms with Crippen LogP contribution >= 0.6 is 11.3 Å². The molecule has 26 heavy (non-hydrogen) atoms. The fourth-order valence-corrected chi connectivity index (χ4v) is 4.39. The summed E-state index contributed by atoms with van der Waals surface area (Å²) in [6.45, 7) is 5.42. The van der Waals surface area contributed by atoms with E-state index >= 15 is 0 Å². The third kappa shape index (κ3) is 3.44. The van der Waals surface area contributed by atoms with Gasteiger partial charge in [0, 0.05) is 24.5 Å². The Hall–Kier alpha value is -2.05. The molecule has 5 nitrogen and oxygen atoms in total. The van der Waals surface area contributed by atoms with E-state index in [9.17, 15) is 4.79 Å². The van der Waals surface area contributed by atoms with Gasteiger partial charge in [0.05, 0.1) is 6.04 Å². The molecule has 2 aromatic rings. The smallest absolute Gasteiger partial charge is 0.239 e. The van der Waals surface area contributed by atoms with Crippen LogP contribution in [0.25, 0.3) is 0 Å². The molecule has 0 saturated heterocycles. The van der Waals surface area contributed by atoms with Gasteiger partial charge < -0.3 is 14.4 Å². The molecular weight excluding hydrogens is 348 g/mol. The normalized spacial score (nSPS) is 17.1. The molecule has 1 unspecified atom stereocenters. The van der Waals surface area contributed by atoms with Gasteiger partial charge in [-0.25, -0.2) is 0 Å². The van der Waals surface area contributed by atoms with Gasteiger partial charge in [-0.05, 0) is 55.1 Å². The first-order valence-corrected chi connectivity index (χ1v) is 9.92.